The smallest absolute Gasteiger partial charge is 0.220 e. The first kappa shape index (κ1) is 77.9. The van der Waals surface area contributed by atoms with Crippen LogP contribution in [0.1, 0.15) is 341 Å². The van der Waals surface area contributed by atoms with Crippen molar-refractivity contribution in [2.45, 2.75) is 384 Å². The fourth-order valence-corrected chi connectivity index (χ4v) is 11.3. The zero-order valence-electron chi connectivity index (χ0n) is 53.8. The van der Waals surface area contributed by atoms with Crippen LogP contribution in [-0.2, 0) is 14.3 Å². The third kappa shape index (κ3) is 50.1. The molecule has 1 fully saturated rings. The molecule has 9 nitrogen and oxygen atoms in total. The van der Waals surface area contributed by atoms with Gasteiger partial charge in [-0.2, -0.15) is 0 Å². The van der Waals surface area contributed by atoms with E-state index >= 15 is 0 Å². The summed E-state index contributed by atoms with van der Waals surface area (Å²) in [5.74, 6) is -0.174. The molecule has 0 aliphatic carbocycles. The molecule has 0 aromatic carbocycles. The summed E-state index contributed by atoms with van der Waals surface area (Å²) in [4.78, 5) is 13.1. The van der Waals surface area contributed by atoms with Gasteiger partial charge in [-0.05, 0) is 57.8 Å². The van der Waals surface area contributed by atoms with E-state index in [1.54, 1.807) is 6.08 Å². The lowest BCUT2D eigenvalue weighted by atomic mass is 9.99. The van der Waals surface area contributed by atoms with Crippen LogP contribution in [0.4, 0.5) is 0 Å². The second kappa shape index (κ2) is 62.0. The number of unbranched alkanes of at least 4 members (excludes halogenated alkanes) is 44. The molecule has 1 saturated heterocycles. The first-order chi connectivity index (χ1) is 40.3. The fourth-order valence-electron chi connectivity index (χ4n) is 11.3. The first-order valence-corrected chi connectivity index (χ1v) is 35.5. The molecule has 7 atom stereocenters. The van der Waals surface area contributed by atoms with Crippen molar-refractivity contribution in [3.8, 4) is 0 Å². The van der Waals surface area contributed by atoms with Crippen LogP contribution in [0, 0.1) is 0 Å². The molecule has 82 heavy (non-hydrogen) atoms. The highest BCUT2D eigenvalue weighted by atomic mass is 16.7. The van der Waals surface area contributed by atoms with Gasteiger partial charge in [-0.25, -0.2) is 0 Å². The predicted octanol–water partition coefficient (Wildman–Crippen LogP) is 19.4. The van der Waals surface area contributed by atoms with Crippen LogP contribution in [0.5, 0.6) is 0 Å². The lowest BCUT2D eigenvalue weighted by molar-refractivity contribution is -0.302. The van der Waals surface area contributed by atoms with E-state index < -0.39 is 49.5 Å². The zero-order chi connectivity index (χ0) is 59.3. The van der Waals surface area contributed by atoms with Crippen LogP contribution >= 0.6 is 0 Å². The van der Waals surface area contributed by atoms with Gasteiger partial charge in [0.25, 0.3) is 0 Å². The maximum atomic E-state index is 13.1. The van der Waals surface area contributed by atoms with Gasteiger partial charge in [0.05, 0.1) is 25.4 Å². The molecule has 1 heterocycles. The van der Waals surface area contributed by atoms with E-state index in [1.807, 2.05) is 6.08 Å². The third-order valence-electron chi connectivity index (χ3n) is 16.8. The SMILES string of the molecule is CC/C=C\C/C=C\C/C=C\C/C=C\CCCCCCCCCCCCCCCCC(=O)NC(COC1OC(CO)C(O)C(O)C1O)C(O)/C=C/CCCCCCCCCCCCCCCCCCCCCCCCCCCCCCCC. The molecule has 480 valence electrons. The van der Waals surface area contributed by atoms with Crippen molar-refractivity contribution in [3.05, 3.63) is 60.8 Å². The summed E-state index contributed by atoms with van der Waals surface area (Å²) in [6.45, 7) is 3.71. The van der Waals surface area contributed by atoms with E-state index in [0.29, 0.717) is 6.42 Å². The highest BCUT2D eigenvalue weighted by Gasteiger charge is 2.44. The van der Waals surface area contributed by atoms with Gasteiger partial charge in [0.15, 0.2) is 6.29 Å². The Labute approximate surface area is 506 Å². The molecule has 0 aromatic rings. The minimum Gasteiger partial charge on any atom is -0.394 e. The summed E-state index contributed by atoms with van der Waals surface area (Å²) in [6, 6.07) is -0.809. The van der Waals surface area contributed by atoms with Crippen molar-refractivity contribution in [1.82, 2.24) is 5.32 Å². The number of carbonyl (C=O) groups is 1. The normalized spacial score (nSPS) is 18.6. The minimum atomic E-state index is -1.57. The number of ether oxygens (including phenoxy) is 2. The Morgan fingerprint density at radius 1 is 0.427 bits per heavy atom. The van der Waals surface area contributed by atoms with Gasteiger partial charge in [-0.15, -0.1) is 0 Å². The van der Waals surface area contributed by atoms with Crippen molar-refractivity contribution >= 4 is 5.91 Å². The van der Waals surface area contributed by atoms with Gasteiger partial charge in [0.2, 0.25) is 5.91 Å². The molecule has 0 radical (unpaired) electrons. The van der Waals surface area contributed by atoms with Crippen LogP contribution in [0.15, 0.2) is 60.8 Å². The minimum absolute atomic E-state index is 0.174. The standard InChI is InChI=1S/C73H135NO8/c1-3-5-7-9-11-13-15-17-19-21-23-25-27-29-31-32-33-34-35-37-38-40-42-44-46-48-50-52-54-56-58-60-62-67(76)66(65-81-73-72(80)71(79)70(78)68(64-75)82-73)74-69(77)63-61-59-57-55-53-51-49-47-45-43-41-39-36-30-28-26-24-22-20-18-16-14-12-10-8-6-4-2/h6,8,12,14,18,20,24,26,60,62,66-68,70-73,75-76,78-80H,3-5,7,9-11,13,15-17,19,21-23,25,27-59,61,63-65H2,1-2H3,(H,74,77)/b8-6-,14-12-,20-18-,26-24-,62-60+. The molecule has 0 saturated carbocycles. The Balaban J connectivity index is 2.12. The molecule has 0 bridgehead atoms. The number of hydrogen-bond donors (Lipinski definition) is 6. The molecule has 6 N–H and O–H groups in total. The van der Waals surface area contributed by atoms with Gasteiger partial charge in [-0.3, -0.25) is 4.79 Å². The summed E-state index contributed by atoms with van der Waals surface area (Å²) in [7, 11) is 0. The largest absolute Gasteiger partial charge is 0.394 e. The third-order valence-corrected chi connectivity index (χ3v) is 16.8. The van der Waals surface area contributed by atoms with Crippen LogP contribution in [0.25, 0.3) is 0 Å². The summed E-state index contributed by atoms with van der Waals surface area (Å²) < 4.78 is 11.3. The van der Waals surface area contributed by atoms with E-state index in [2.05, 4.69) is 67.8 Å². The molecular weight excluding hydrogens is 1020 g/mol. The number of hydrogen-bond acceptors (Lipinski definition) is 8. The highest BCUT2D eigenvalue weighted by molar-refractivity contribution is 5.76. The van der Waals surface area contributed by atoms with Gasteiger partial charge < -0.3 is 40.3 Å². The Hall–Kier alpha value is -2.11. The maximum absolute atomic E-state index is 13.1. The molecular formula is C73H135NO8. The predicted molar refractivity (Wildman–Crippen MR) is 350 cm³/mol. The molecule has 1 aliphatic rings. The van der Waals surface area contributed by atoms with E-state index in [0.717, 1.165) is 64.2 Å². The molecule has 1 aliphatic heterocycles. The number of allylic oxidation sites excluding steroid dienone is 9. The number of rotatable bonds is 62. The number of carbonyl (C=O) groups excluding carboxylic acids is 1. The van der Waals surface area contributed by atoms with Gasteiger partial charge >= 0.3 is 0 Å². The van der Waals surface area contributed by atoms with Gasteiger partial charge in [0, 0.05) is 6.42 Å². The number of aliphatic hydroxyl groups excluding tert-OH is 5. The fraction of sp³-hybridized carbons (Fsp3) is 0.849. The Morgan fingerprint density at radius 3 is 1.12 bits per heavy atom. The topological polar surface area (TPSA) is 149 Å². The van der Waals surface area contributed by atoms with Gasteiger partial charge in [0.1, 0.15) is 24.4 Å². The maximum Gasteiger partial charge on any atom is 0.220 e. The van der Waals surface area contributed by atoms with Crippen LogP contribution in [0.3, 0.4) is 0 Å². The first-order valence-electron chi connectivity index (χ1n) is 35.5. The van der Waals surface area contributed by atoms with Crippen molar-refractivity contribution in [3.63, 3.8) is 0 Å². The number of aliphatic hydroxyl groups is 5. The van der Waals surface area contributed by atoms with Crippen molar-refractivity contribution in [2.24, 2.45) is 0 Å². The summed E-state index contributed by atoms with van der Waals surface area (Å²) in [5.41, 5.74) is 0. The van der Waals surface area contributed by atoms with Gasteiger partial charge in [-0.1, -0.05) is 338 Å². The van der Waals surface area contributed by atoms with Crippen LogP contribution < -0.4 is 5.32 Å². The van der Waals surface area contributed by atoms with Crippen LogP contribution in [0.2, 0.25) is 0 Å². The zero-order valence-corrected chi connectivity index (χ0v) is 53.8. The van der Waals surface area contributed by atoms with E-state index in [1.165, 1.54) is 257 Å². The lowest BCUT2D eigenvalue weighted by Crippen LogP contribution is -2.60. The molecule has 9 heteroatoms. The lowest BCUT2D eigenvalue weighted by Gasteiger charge is -2.40. The van der Waals surface area contributed by atoms with Crippen molar-refractivity contribution in [1.29, 1.82) is 0 Å². The average Bonchev–Trinajstić information content (AvgIpc) is 3.53. The van der Waals surface area contributed by atoms with E-state index in [-0.39, 0.29) is 12.5 Å². The Bertz CT molecular complexity index is 1480. The van der Waals surface area contributed by atoms with Crippen molar-refractivity contribution in [2.75, 3.05) is 13.2 Å². The average molecular weight is 1150 g/mol. The summed E-state index contributed by atoms with van der Waals surface area (Å²) >= 11 is 0. The highest BCUT2D eigenvalue weighted by Crippen LogP contribution is 2.23. The summed E-state index contributed by atoms with van der Waals surface area (Å²) in [5, 5.41) is 54.8. The molecule has 1 rings (SSSR count). The number of nitrogens with one attached hydrogen (secondary N) is 1. The second-order valence-corrected chi connectivity index (χ2v) is 24.7. The van der Waals surface area contributed by atoms with E-state index in [4.69, 9.17) is 9.47 Å². The van der Waals surface area contributed by atoms with Crippen molar-refractivity contribution < 1.29 is 39.8 Å². The van der Waals surface area contributed by atoms with E-state index in [9.17, 15) is 30.3 Å². The Morgan fingerprint density at radius 2 is 0.756 bits per heavy atom. The molecule has 0 spiro atoms. The summed E-state index contributed by atoms with van der Waals surface area (Å²) in [6.07, 6.45) is 79.0. The number of amides is 1. The second-order valence-electron chi connectivity index (χ2n) is 24.7. The molecule has 1 amide bonds. The Kier molecular flexibility index (Phi) is 58.9. The quantitative estimate of drug-likeness (QED) is 0.0261. The van der Waals surface area contributed by atoms with Crippen LogP contribution in [-0.4, -0.2) is 87.5 Å². The monoisotopic (exact) mass is 1150 g/mol. The molecule has 7 unspecified atom stereocenters. The molecule has 0 aromatic heterocycles.